The van der Waals surface area contributed by atoms with Gasteiger partial charge in [-0.05, 0) is 25.0 Å². The molecular formula is C18H23N3O6. The first-order chi connectivity index (χ1) is 13.0. The Bertz CT molecular complexity index is 711. The first-order valence-corrected chi connectivity index (χ1v) is 9.12. The van der Waals surface area contributed by atoms with Crippen molar-refractivity contribution < 1.29 is 24.0 Å². The third-order valence-electron chi connectivity index (χ3n) is 4.81. The van der Waals surface area contributed by atoms with Crippen molar-refractivity contribution in [3.63, 3.8) is 0 Å². The molecule has 1 aliphatic heterocycles. The number of nitrogens with zero attached hydrogens (tertiary/aromatic N) is 2. The van der Waals surface area contributed by atoms with Crippen LogP contribution in [0.4, 0.5) is 11.4 Å². The van der Waals surface area contributed by atoms with Crippen molar-refractivity contribution in [2.75, 3.05) is 37.8 Å². The molecule has 9 nitrogen and oxygen atoms in total. The molecule has 1 aliphatic carbocycles. The largest absolute Gasteiger partial charge is 0.452 e. The monoisotopic (exact) mass is 377 g/mol. The Morgan fingerprint density at radius 2 is 1.96 bits per heavy atom. The minimum Gasteiger partial charge on any atom is -0.452 e. The Balaban J connectivity index is 1.62. The minimum absolute atomic E-state index is 0.0485. The number of benzene rings is 1. The zero-order valence-corrected chi connectivity index (χ0v) is 15.0. The van der Waals surface area contributed by atoms with Gasteiger partial charge < -0.3 is 19.7 Å². The van der Waals surface area contributed by atoms with Crippen molar-refractivity contribution in [1.82, 2.24) is 5.32 Å². The van der Waals surface area contributed by atoms with Crippen molar-refractivity contribution in [1.29, 1.82) is 0 Å². The number of nitro benzene ring substituents is 1. The highest BCUT2D eigenvalue weighted by Crippen LogP contribution is 2.30. The molecule has 9 heteroatoms. The zero-order valence-electron chi connectivity index (χ0n) is 15.0. The molecule has 0 unspecified atom stereocenters. The molecule has 0 aromatic heterocycles. The lowest BCUT2D eigenvalue weighted by Gasteiger charge is -2.28. The fraction of sp³-hybridized carbons (Fsp3) is 0.556. The fourth-order valence-electron chi connectivity index (χ4n) is 3.42. The van der Waals surface area contributed by atoms with Crippen LogP contribution in [0.5, 0.6) is 0 Å². The van der Waals surface area contributed by atoms with Crippen LogP contribution in [0.3, 0.4) is 0 Å². The first-order valence-electron chi connectivity index (χ1n) is 9.12. The van der Waals surface area contributed by atoms with Crippen LogP contribution in [-0.2, 0) is 14.3 Å². The van der Waals surface area contributed by atoms with Crippen LogP contribution in [0.25, 0.3) is 0 Å². The summed E-state index contributed by atoms with van der Waals surface area (Å²) >= 11 is 0. The number of ether oxygens (including phenoxy) is 2. The Kier molecular flexibility index (Phi) is 6.23. The number of anilines is 1. The average Bonchev–Trinajstić information content (AvgIpc) is 3.19. The zero-order chi connectivity index (χ0) is 19.2. The van der Waals surface area contributed by atoms with Gasteiger partial charge in [-0.2, -0.15) is 0 Å². The van der Waals surface area contributed by atoms with E-state index in [1.807, 2.05) is 4.90 Å². The molecule has 0 atom stereocenters. The van der Waals surface area contributed by atoms with Gasteiger partial charge in [-0.15, -0.1) is 0 Å². The molecule has 0 spiro atoms. The van der Waals surface area contributed by atoms with E-state index in [1.165, 1.54) is 12.1 Å². The van der Waals surface area contributed by atoms with E-state index in [4.69, 9.17) is 9.47 Å². The van der Waals surface area contributed by atoms with Gasteiger partial charge in [-0.3, -0.25) is 14.9 Å². The fourth-order valence-corrected chi connectivity index (χ4v) is 3.42. The Labute approximate surface area is 156 Å². The van der Waals surface area contributed by atoms with Crippen LogP contribution in [-0.4, -0.2) is 55.8 Å². The molecule has 27 heavy (non-hydrogen) atoms. The number of hydrogen-bond acceptors (Lipinski definition) is 7. The lowest BCUT2D eigenvalue weighted by Crippen LogP contribution is -2.36. The van der Waals surface area contributed by atoms with Gasteiger partial charge in [0.1, 0.15) is 5.69 Å². The quantitative estimate of drug-likeness (QED) is 0.456. The van der Waals surface area contributed by atoms with Gasteiger partial charge in [-0.1, -0.05) is 12.8 Å². The van der Waals surface area contributed by atoms with Crippen LogP contribution in [0.1, 0.15) is 36.0 Å². The van der Waals surface area contributed by atoms with Gasteiger partial charge in [0.25, 0.3) is 11.6 Å². The van der Waals surface area contributed by atoms with E-state index in [-0.39, 0.29) is 23.2 Å². The molecule has 2 aliphatic rings. The molecule has 1 heterocycles. The van der Waals surface area contributed by atoms with Crippen molar-refractivity contribution in [3.8, 4) is 0 Å². The number of carbonyl (C=O) groups excluding carboxylic acids is 2. The highest BCUT2D eigenvalue weighted by atomic mass is 16.6. The van der Waals surface area contributed by atoms with E-state index >= 15 is 0 Å². The second-order valence-corrected chi connectivity index (χ2v) is 6.69. The number of esters is 1. The van der Waals surface area contributed by atoms with Gasteiger partial charge in [0.2, 0.25) is 0 Å². The molecular weight excluding hydrogens is 354 g/mol. The second kappa shape index (κ2) is 8.81. The maximum absolute atomic E-state index is 12.2. The Hall–Kier alpha value is -2.68. The standard InChI is InChI=1S/C18H23N3O6/c22-17(19-14-3-1-2-4-14)12-27-18(23)13-5-6-15(16(11-13)21(24)25)20-7-9-26-10-8-20/h5-6,11,14H,1-4,7-10,12H2,(H,19,22). The van der Waals surface area contributed by atoms with Gasteiger partial charge in [0.15, 0.2) is 6.61 Å². The lowest BCUT2D eigenvalue weighted by molar-refractivity contribution is -0.384. The first kappa shape index (κ1) is 19.1. The molecule has 2 fully saturated rings. The van der Waals surface area contributed by atoms with E-state index in [0.717, 1.165) is 25.7 Å². The number of nitrogens with one attached hydrogen (secondary N) is 1. The van der Waals surface area contributed by atoms with Crippen molar-refractivity contribution in [2.24, 2.45) is 0 Å². The summed E-state index contributed by atoms with van der Waals surface area (Å²) in [6.07, 6.45) is 4.05. The summed E-state index contributed by atoms with van der Waals surface area (Å²) in [4.78, 5) is 36.8. The van der Waals surface area contributed by atoms with Crippen LogP contribution in [0.15, 0.2) is 18.2 Å². The molecule has 1 saturated heterocycles. The number of amides is 1. The number of morpholine rings is 1. The maximum Gasteiger partial charge on any atom is 0.338 e. The van der Waals surface area contributed by atoms with Gasteiger partial charge in [-0.25, -0.2) is 4.79 Å². The maximum atomic E-state index is 12.2. The van der Waals surface area contributed by atoms with Gasteiger partial charge >= 0.3 is 5.97 Å². The minimum atomic E-state index is -0.756. The molecule has 1 amide bonds. The highest BCUT2D eigenvalue weighted by Gasteiger charge is 2.24. The average molecular weight is 377 g/mol. The normalized spacial score (nSPS) is 17.6. The van der Waals surface area contributed by atoms with Gasteiger partial charge in [0.05, 0.1) is 23.7 Å². The summed E-state index contributed by atoms with van der Waals surface area (Å²) in [6, 6.07) is 4.36. The van der Waals surface area contributed by atoms with E-state index < -0.39 is 17.5 Å². The molecule has 1 N–H and O–H groups in total. The van der Waals surface area contributed by atoms with Gasteiger partial charge in [0, 0.05) is 25.2 Å². The Morgan fingerprint density at radius 3 is 2.63 bits per heavy atom. The summed E-state index contributed by atoms with van der Waals surface area (Å²) in [5.74, 6) is -1.11. The lowest BCUT2D eigenvalue weighted by atomic mass is 10.1. The predicted molar refractivity (Wildman–Crippen MR) is 96.8 cm³/mol. The van der Waals surface area contributed by atoms with Crippen LogP contribution in [0, 0.1) is 10.1 Å². The molecule has 146 valence electrons. The predicted octanol–water partition coefficient (Wildman–Crippen LogP) is 1.65. The molecule has 1 aromatic carbocycles. The number of rotatable bonds is 6. The molecule has 1 saturated carbocycles. The van der Waals surface area contributed by atoms with Crippen LogP contribution < -0.4 is 10.2 Å². The summed E-state index contributed by atoms with van der Waals surface area (Å²) in [5.41, 5.74) is 0.327. The van der Waals surface area contributed by atoms with E-state index in [0.29, 0.717) is 32.0 Å². The highest BCUT2D eigenvalue weighted by molar-refractivity contribution is 5.93. The van der Waals surface area contributed by atoms with Crippen molar-refractivity contribution >= 4 is 23.3 Å². The number of carbonyl (C=O) groups is 2. The summed E-state index contributed by atoms with van der Waals surface area (Å²) in [7, 11) is 0. The number of nitro groups is 1. The third-order valence-corrected chi connectivity index (χ3v) is 4.81. The molecule has 0 radical (unpaired) electrons. The second-order valence-electron chi connectivity index (χ2n) is 6.69. The number of hydrogen-bond donors (Lipinski definition) is 1. The Morgan fingerprint density at radius 1 is 1.26 bits per heavy atom. The summed E-state index contributed by atoms with van der Waals surface area (Å²) in [5, 5.41) is 14.3. The summed E-state index contributed by atoms with van der Waals surface area (Å²) in [6.45, 7) is 1.69. The molecule has 0 bridgehead atoms. The van der Waals surface area contributed by atoms with E-state index in [9.17, 15) is 19.7 Å². The van der Waals surface area contributed by atoms with Crippen LogP contribution in [0.2, 0.25) is 0 Å². The SMILES string of the molecule is O=C(COC(=O)c1ccc(N2CCOCC2)c([N+](=O)[O-])c1)NC1CCCC1. The van der Waals surface area contributed by atoms with E-state index in [1.54, 1.807) is 6.07 Å². The summed E-state index contributed by atoms with van der Waals surface area (Å²) < 4.78 is 10.3. The smallest absolute Gasteiger partial charge is 0.338 e. The topological polar surface area (TPSA) is 111 Å². The molecule has 3 rings (SSSR count). The van der Waals surface area contributed by atoms with Crippen molar-refractivity contribution in [3.05, 3.63) is 33.9 Å². The van der Waals surface area contributed by atoms with Crippen molar-refractivity contribution in [2.45, 2.75) is 31.7 Å². The third kappa shape index (κ3) is 4.94. The molecule has 1 aromatic rings. The van der Waals surface area contributed by atoms with E-state index in [2.05, 4.69) is 5.32 Å². The van der Waals surface area contributed by atoms with Crippen LogP contribution >= 0.6 is 0 Å².